The summed E-state index contributed by atoms with van der Waals surface area (Å²) in [5, 5.41) is 8.74. The number of hydrogen-bond donors (Lipinski definition) is 0. The van der Waals surface area contributed by atoms with Gasteiger partial charge in [0.1, 0.15) is 0 Å². The van der Waals surface area contributed by atoms with Crippen molar-refractivity contribution in [2.75, 3.05) is 0 Å². The van der Waals surface area contributed by atoms with E-state index in [1.807, 2.05) is 6.07 Å². The molecular formula is C11H9N3O. The zero-order valence-electron chi connectivity index (χ0n) is 8.21. The minimum Gasteiger partial charge on any atom is -0.302 e. The van der Waals surface area contributed by atoms with E-state index in [4.69, 9.17) is 5.26 Å². The van der Waals surface area contributed by atoms with E-state index in [0.29, 0.717) is 11.3 Å². The Morgan fingerprint density at radius 3 is 2.73 bits per heavy atom. The molecule has 1 aromatic heterocycles. The number of aryl methyl sites for hydroxylation is 1. The van der Waals surface area contributed by atoms with Crippen molar-refractivity contribution in [3.63, 3.8) is 0 Å². The maximum atomic E-state index is 11.6. The second-order valence-corrected chi connectivity index (χ2v) is 3.22. The van der Waals surface area contributed by atoms with E-state index in [0.717, 1.165) is 0 Å². The Morgan fingerprint density at radius 1 is 1.33 bits per heavy atom. The summed E-state index contributed by atoms with van der Waals surface area (Å²) in [6.07, 6.45) is 3.36. The average Bonchev–Trinajstić information content (AvgIpc) is 2.60. The molecular weight excluding hydrogens is 190 g/mol. The minimum absolute atomic E-state index is 0.120. The molecule has 0 saturated heterocycles. The molecule has 0 aliphatic heterocycles. The molecule has 0 bridgehead atoms. The molecule has 0 atom stereocenters. The first kappa shape index (κ1) is 9.28. The van der Waals surface area contributed by atoms with E-state index in [-0.39, 0.29) is 5.69 Å². The highest BCUT2D eigenvalue weighted by atomic mass is 16.1. The van der Waals surface area contributed by atoms with Crippen molar-refractivity contribution in [3.8, 4) is 11.8 Å². The van der Waals surface area contributed by atoms with Crippen molar-refractivity contribution < 1.29 is 0 Å². The molecule has 0 aliphatic carbocycles. The SMILES string of the molecule is Cn1ccn(-c2cccc(C#N)c2)c1=O. The molecule has 0 spiro atoms. The molecule has 0 radical (unpaired) electrons. The number of imidazole rings is 1. The third-order valence-electron chi connectivity index (χ3n) is 2.20. The van der Waals surface area contributed by atoms with Crippen LogP contribution in [0.1, 0.15) is 5.56 Å². The average molecular weight is 199 g/mol. The molecule has 0 N–H and O–H groups in total. The molecule has 1 heterocycles. The van der Waals surface area contributed by atoms with Gasteiger partial charge in [0.15, 0.2) is 0 Å². The summed E-state index contributed by atoms with van der Waals surface area (Å²) in [4.78, 5) is 11.6. The zero-order valence-corrected chi connectivity index (χ0v) is 8.21. The first-order chi connectivity index (χ1) is 7.22. The minimum atomic E-state index is -0.120. The zero-order chi connectivity index (χ0) is 10.8. The molecule has 0 aliphatic rings. The molecule has 4 heteroatoms. The second kappa shape index (κ2) is 3.46. The molecule has 0 fully saturated rings. The molecule has 2 aromatic rings. The number of rotatable bonds is 1. The van der Waals surface area contributed by atoms with Gasteiger partial charge >= 0.3 is 5.69 Å². The third-order valence-corrected chi connectivity index (χ3v) is 2.20. The summed E-state index contributed by atoms with van der Waals surface area (Å²) in [5.41, 5.74) is 1.13. The highest BCUT2D eigenvalue weighted by Crippen LogP contribution is 2.07. The van der Waals surface area contributed by atoms with Crippen molar-refractivity contribution >= 4 is 0 Å². The second-order valence-electron chi connectivity index (χ2n) is 3.22. The largest absolute Gasteiger partial charge is 0.332 e. The number of nitriles is 1. The van der Waals surface area contributed by atoms with Crippen molar-refractivity contribution in [2.45, 2.75) is 0 Å². The van der Waals surface area contributed by atoms with Crippen LogP contribution in [0.5, 0.6) is 0 Å². The molecule has 2 rings (SSSR count). The smallest absolute Gasteiger partial charge is 0.302 e. The van der Waals surface area contributed by atoms with E-state index >= 15 is 0 Å². The maximum absolute atomic E-state index is 11.6. The highest BCUT2D eigenvalue weighted by molar-refractivity contribution is 5.41. The van der Waals surface area contributed by atoms with E-state index in [1.54, 1.807) is 43.7 Å². The van der Waals surface area contributed by atoms with Gasteiger partial charge in [0.2, 0.25) is 0 Å². The van der Waals surface area contributed by atoms with Crippen LogP contribution in [-0.4, -0.2) is 9.13 Å². The van der Waals surface area contributed by atoms with E-state index in [2.05, 4.69) is 0 Å². The first-order valence-electron chi connectivity index (χ1n) is 4.47. The highest BCUT2D eigenvalue weighted by Gasteiger charge is 2.02. The lowest BCUT2D eigenvalue weighted by molar-refractivity contribution is 0.824. The van der Waals surface area contributed by atoms with Gasteiger partial charge in [0.25, 0.3) is 0 Å². The van der Waals surface area contributed by atoms with Gasteiger partial charge in [0, 0.05) is 19.4 Å². The molecule has 0 unspecified atom stereocenters. The summed E-state index contributed by atoms with van der Waals surface area (Å²) < 4.78 is 2.99. The lowest BCUT2D eigenvalue weighted by Gasteiger charge is -2.00. The van der Waals surface area contributed by atoms with Gasteiger partial charge in [-0.15, -0.1) is 0 Å². The monoisotopic (exact) mass is 199 g/mol. The molecule has 1 aromatic carbocycles. The molecule has 74 valence electrons. The topological polar surface area (TPSA) is 50.7 Å². The standard InChI is InChI=1S/C11H9N3O/c1-13-5-6-14(11(13)15)10-4-2-3-9(7-10)8-12/h2-7H,1H3. The van der Waals surface area contributed by atoms with Gasteiger partial charge in [-0.05, 0) is 18.2 Å². The van der Waals surface area contributed by atoms with Crippen LogP contribution in [0, 0.1) is 11.3 Å². The Balaban J connectivity index is 2.60. The first-order valence-corrected chi connectivity index (χ1v) is 4.47. The van der Waals surface area contributed by atoms with Crippen LogP contribution in [0.15, 0.2) is 41.5 Å². The van der Waals surface area contributed by atoms with Crippen molar-refractivity contribution in [3.05, 3.63) is 52.7 Å². The predicted octanol–water partition coefficient (Wildman–Crippen LogP) is 1.05. The Kier molecular flexibility index (Phi) is 2.14. The Morgan fingerprint density at radius 2 is 2.13 bits per heavy atom. The van der Waals surface area contributed by atoms with Crippen molar-refractivity contribution in [1.29, 1.82) is 5.26 Å². The predicted molar refractivity (Wildman–Crippen MR) is 55.7 cm³/mol. The summed E-state index contributed by atoms with van der Waals surface area (Å²) in [5.74, 6) is 0. The Bertz CT molecular complexity index is 586. The number of aromatic nitrogens is 2. The van der Waals surface area contributed by atoms with E-state index in [9.17, 15) is 4.79 Å². The van der Waals surface area contributed by atoms with Crippen LogP contribution in [0.2, 0.25) is 0 Å². The molecule has 4 nitrogen and oxygen atoms in total. The van der Waals surface area contributed by atoms with Crippen LogP contribution < -0.4 is 5.69 Å². The Hall–Kier alpha value is -2.28. The van der Waals surface area contributed by atoms with Crippen molar-refractivity contribution in [1.82, 2.24) is 9.13 Å². The summed E-state index contributed by atoms with van der Waals surface area (Å²) in [6, 6.07) is 8.98. The van der Waals surface area contributed by atoms with E-state index in [1.165, 1.54) is 9.13 Å². The quantitative estimate of drug-likeness (QED) is 0.689. The summed E-state index contributed by atoms with van der Waals surface area (Å²) >= 11 is 0. The lowest BCUT2D eigenvalue weighted by Crippen LogP contribution is -2.20. The van der Waals surface area contributed by atoms with Crippen LogP contribution >= 0.6 is 0 Å². The van der Waals surface area contributed by atoms with Crippen LogP contribution in [0.3, 0.4) is 0 Å². The fourth-order valence-corrected chi connectivity index (χ4v) is 1.39. The van der Waals surface area contributed by atoms with Crippen LogP contribution in [0.25, 0.3) is 5.69 Å². The van der Waals surface area contributed by atoms with Crippen LogP contribution in [-0.2, 0) is 7.05 Å². The maximum Gasteiger partial charge on any atom is 0.332 e. The fraction of sp³-hybridized carbons (Fsp3) is 0.0909. The number of hydrogen-bond acceptors (Lipinski definition) is 2. The van der Waals surface area contributed by atoms with Gasteiger partial charge in [-0.1, -0.05) is 6.07 Å². The summed E-state index contributed by atoms with van der Waals surface area (Å²) in [7, 11) is 1.69. The molecule has 0 saturated carbocycles. The van der Waals surface area contributed by atoms with Crippen molar-refractivity contribution in [2.24, 2.45) is 7.05 Å². The Labute approximate surface area is 86.6 Å². The van der Waals surface area contributed by atoms with Gasteiger partial charge < -0.3 is 4.57 Å². The lowest BCUT2D eigenvalue weighted by atomic mass is 10.2. The number of nitrogens with zero attached hydrogens (tertiary/aromatic N) is 3. The van der Waals surface area contributed by atoms with Gasteiger partial charge in [-0.3, -0.25) is 4.57 Å². The summed E-state index contributed by atoms with van der Waals surface area (Å²) in [6.45, 7) is 0. The normalized spacial score (nSPS) is 9.87. The van der Waals surface area contributed by atoms with Crippen LogP contribution in [0.4, 0.5) is 0 Å². The van der Waals surface area contributed by atoms with Gasteiger partial charge in [-0.2, -0.15) is 5.26 Å². The van der Waals surface area contributed by atoms with E-state index < -0.39 is 0 Å². The van der Waals surface area contributed by atoms with Gasteiger partial charge in [-0.25, -0.2) is 4.79 Å². The van der Waals surface area contributed by atoms with Gasteiger partial charge in [0.05, 0.1) is 17.3 Å². The fourth-order valence-electron chi connectivity index (χ4n) is 1.39. The third kappa shape index (κ3) is 1.55. The number of benzene rings is 1. The molecule has 0 amide bonds. The molecule has 15 heavy (non-hydrogen) atoms.